The van der Waals surface area contributed by atoms with Crippen molar-refractivity contribution in [1.29, 1.82) is 0 Å². The van der Waals surface area contributed by atoms with E-state index < -0.39 is 0 Å². The summed E-state index contributed by atoms with van der Waals surface area (Å²) in [6.07, 6.45) is 0.680. The van der Waals surface area contributed by atoms with Crippen molar-refractivity contribution in [3.8, 4) is 5.75 Å². The summed E-state index contributed by atoms with van der Waals surface area (Å²) in [6, 6.07) is 8.05. The van der Waals surface area contributed by atoms with E-state index >= 15 is 0 Å². The minimum Gasteiger partial charge on any atom is -0.488 e. The minimum atomic E-state index is -0.282. The molecule has 0 heterocycles. The number of rotatable bonds is 8. The molecule has 0 aliphatic rings. The molecule has 0 atom stereocenters. The fraction of sp³-hybridized carbons (Fsp3) is 0.571. The SMILES string of the molecule is CCOC(COc1ccccc1CC)OCC. The van der Waals surface area contributed by atoms with Crippen molar-refractivity contribution < 1.29 is 14.2 Å². The maximum atomic E-state index is 5.75. The normalized spacial score (nSPS) is 10.8. The van der Waals surface area contributed by atoms with Gasteiger partial charge in [0.15, 0.2) is 6.29 Å². The van der Waals surface area contributed by atoms with Crippen molar-refractivity contribution >= 4 is 0 Å². The Kier molecular flexibility index (Phi) is 6.67. The van der Waals surface area contributed by atoms with Gasteiger partial charge >= 0.3 is 0 Å². The smallest absolute Gasteiger partial charge is 0.191 e. The maximum absolute atomic E-state index is 5.75. The second-order valence-corrected chi connectivity index (χ2v) is 3.61. The molecule has 0 aliphatic carbocycles. The van der Waals surface area contributed by atoms with Crippen LogP contribution in [0.1, 0.15) is 26.3 Å². The van der Waals surface area contributed by atoms with Gasteiger partial charge in [-0.15, -0.1) is 0 Å². The van der Waals surface area contributed by atoms with Gasteiger partial charge in [0, 0.05) is 13.2 Å². The van der Waals surface area contributed by atoms with Crippen molar-refractivity contribution in [1.82, 2.24) is 0 Å². The molecule has 0 fully saturated rings. The van der Waals surface area contributed by atoms with Gasteiger partial charge in [-0.3, -0.25) is 0 Å². The van der Waals surface area contributed by atoms with E-state index in [1.165, 1.54) is 5.56 Å². The van der Waals surface area contributed by atoms with E-state index in [0.29, 0.717) is 19.8 Å². The lowest BCUT2D eigenvalue weighted by Crippen LogP contribution is -2.25. The highest BCUT2D eigenvalue weighted by atomic mass is 16.7. The first-order chi connectivity index (χ1) is 8.31. The van der Waals surface area contributed by atoms with E-state index in [1.54, 1.807) is 0 Å². The molecule has 0 bridgehead atoms. The van der Waals surface area contributed by atoms with Crippen LogP contribution < -0.4 is 4.74 Å². The predicted molar refractivity (Wildman–Crippen MR) is 68.4 cm³/mol. The molecule has 96 valence electrons. The molecule has 0 unspecified atom stereocenters. The van der Waals surface area contributed by atoms with Crippen molar-refractivity contribution in [3.63, 3.8) is 0 Å². The summed E-state index contributed by atoms with van der Waals surface area (Å²) in [5.74, 6) is 0.916. The third-order valence-corrected chi connectivity index (χ3v) is 2.43. The largest absolute Gasteiger partial charge is 0.488 e. The molecule has 0 N–H and O–H groups in total. The monoisotopic (exact) mass is 238 g/mol. The van der Waals surface area contributed by atoms with Crippen LogP contribution in [0.5, 0.6) is 5.75 Å². The van der Waals surface area contributed by atoms with Crippen LogP contribution in [0, 0.1) is 0 Å². The van der Waals surface area contributed by atoms with Gasteiger partial charge in [-0.05, 0) is 31.9 Å². The Hall–Kier alpha value is -1.06. The summed E-state index contributed by atoms with van der Waals surface area (Å²) < 4.78 is 16.6. The fourth-order valence-corrected chi connectivity index (χ4v) is 1.61. The highest BCUT2D eigenvalue weighted by Crippen LogP contribution is 2.18. The van der Waals surface area contributed by atoms with E-state index in [2.05, 4.69) is 13.0 Å². The topological polar surface area (TPSA) is 27.7 Å². The first kappa shape index (κ1) is 14.0. The first-order valence-electron chi connectivity index (χ1n) is 6.25. The van der Waals surface area contributed by atoms with E-state index in [1.807, 2.05) is 32.0 Å². The Morgan fingerprint density at radius 3 is 2.24 bits per heavy atom. The van der Waals surface area contributed by atoms with Crippen LogP contribution in [-0.2, 0) is 15.9 Å². The molecule has 1 aromatic rings. The van der Waals surface area contributed by atoms with E-state index in [9.17, 15) is 0 Å². The fourth-order valence-electron chi connectivity index (χ4n) is 1.61. The number of hydrogen-bond donors (Lipinski definition) is 0. The van der Waals surface area contributed by atoms with Crippen LogP contribution >= 0.6 is 0 Å². The highest BCUT2D eigenvalue weighted by molar-refractivity contribution is 5.33. The highest BCUT2D eigenvalue weighted by Gasteiger charge is 2.09. The predicted octanol–water partition coefficient (Wildman–Crippen LogP) is 3.03. The van der Waals surface area contributed by atoms with Gasteiger partial charge in [0.2, 0.25) is 0 Å². The number of aryl methyl sites for hydroxylation is 1. The Balaban J connectivity index is 2.52. The molecular formula is C14H22O3. The van der Waals surface area contributed by atoms with Gasteiger partial charge in [-0.1, -0.05) is 25.1 Å². The van der Waals surface area contributed by atoms with Gasteiger partial charge in [0.1, 0.15) is 12.4 Å². The second kappa shape index (κ2) is 8.09. The maximum Gasteiger partial charge on any atom is 0.191 e. The molecule has 1 aromatic carbocycles. The van der Waals surface area contributed by atoms with Crippen molar-refractivity contribution in [2.24, 2.45) is 0 Å². The number of hydrogen-bond acceptors (Lipinski definition) is 3. The van der Waals surface area contributed by atoms with Crippen LogP contribution in [0.15, 0.2) is 24.3 Å². The third kappa shape index (κ3) is 4.75. The number of benzene rings is 1. The summed E-state index contributed by atoms with van der Waals surface area (Å²) in [5.41, 5.74) is 1.21. The quantitative estimate of drug-likeness (QED) is 0.651. The molecule has 1 rings (SSSR count). The summed E-state index contributed by atoms with van der Waals surface area (Å²) in [6.45, 7) is 7.70. The van der Waals surface area contributed by atoms with Crippen LogP contribution in [0.3, 0.4) is 0 Å². The molecule has 3 heteroatoms. The number of ether oxygens (including phenoxy) is 3. The molecule has 0 aromatic heterocycles. The minimum absolute atomic E-state index is 0.282. The molecule has 0 spiro atoms. The lowest BCUT2D eigenvalue weighted by molar-refractivity contribution is -0.152. The number of para-hydroxylation sites is 1. The van der Waals surface area contributed by atoms with Crippen molar-refractivity contribution in [2.75, 3.05) is 19.8 Å². The van der Waals surface area contributed by atoms with Gasteiger partial charge in [-0.2, -0.15) is 0 Å². The van der Waals surface area contributed by atoms with E-state index in [0.717, 1.165) is 12.2 Å². The molecule has 3 nitrogen and oxygen atoms in total. The summed E-state index contributed by atoms with van der Waals surface area (Å²) in [7, 11) is 0. The average Bonchev–Trinajstić information content (AvgIpc) is 2.37. The zero-order valence-electron chi connectivity index (χ0n) is 10.9. The van der Waals surface area contributed by atoms with Gasteiger partial charge < -0.3 is 14.2 Å². The molecule has 0 amide bonds. The molecule has 0 radical (unpaired) electrons. The first-order valence-corrected chi connectivity index (χ1v) is 6.25. The lowest BCUT2D eigenvalue weighted by Gasteiger charge is -2.18. The van der Waals surface area contributed by atoms with Crippen LogP contribution in [0.2, 0.25) is 0 Å². The van der Waals surface area contributed by atoms with Gasteiger partial charge in [0.05, 0.1) is 0 Å². The molecular weight excluding hydrogens is 216 g/mol. The molecule has 0 saturated heterocycles. The van der Waals surface area contributed by atoms with E-state index in [-0.39, 0.29) is 6.29 Å². The zero-order chi connectivity index (χ0) is 12.5. The second-order valence-electron chi connectivity index (χ2n) is 3.61. The van der Waals surface area contributed by atoms with Crippen molar-refractivity contribution in [3.05, 3.63) is 29.8 Å². The molecule has 0 saturated carbocycles. The van der Waals surface area contributed by atoms with Gasteiger partial charge in [-0.25, -0.2) is 0 Å². The molecule has 0 aliphatic heterocycles. The van der Waals surface area contributed by atoms with Crippen LogP contribution in [0.25, 0.3) is 0 Å². The third-order valence-electron chi connectivity index (χ3n) is 2.43. The summed E-state index contributed by atoms with van der Waals surface area (Å²) >= 11 is 0. The zero-order valence-corrected chi connectivity index (χ0v) is 10.9. The standard InChI is InChI=1S/C14H22O3/c1-4-12-9-7-8-10-13(12)17-11-14(15-5-2)16-6-3/h7-10,14H,4-6,11H2,1-3H3. The Morgan fingerprint density at radius 1 is 1.00 bits per heavy atom. The Morgan fingerprint density at radius 2 is 1.65 bits per heavy atom. The van der Waals surface area contributed by atoms with Gasteiger partial charge in [0.25, 0.3) is 0 Å². The lowest BCUT2D eigenvalue weighted by atomic mass is 10.1. The molecule has 17 heavy (non-hydrogen) atoms. The average molecular weight is 238 g/mol. The van der Waals surface area contributed by atoms with Crippen LogP contribution in [0.4, 0.5) is 0 Å². The van der Waals surface area contributed by atoms with Crippen molar-refractivity contribution in [2.45, 2.75) is 33.5 Å². The summed E-state index contributed by atoms with van der Waals surface area (Å²) in [5, 5.41) is 0. The van der Waals surface area contributed by atoms with E-state index in [4.69, 9.17) is 14.2 Å². The Bertz CT molecular complexity index is 306. The summed E-state index contributed by atoms with van der Waals surface area (Å²) in [4.78, 5) is 0. The van der Waals surface area contributed by atoms with Crippen LogP contribution in [-0.4, -0.2) is 26.1 Å². The Labute approximate surface area is 104 Å².